The van der Waals surface area contributed by atoms with Crippen molar-refractivity contribution in [3.8, 4) is 0 Å². The summed E-state index contributed by atoms with van der Waals surface area (Å²) >= 11 is 0. The minimum atomic E-state index is -0.849. The molecular weight excluding hydrogens is 350 g/mol. The molecule has 0 bridgehead atoms. The maximum Gasteiger partial charge on any atom is 0.244 e. The average molecular weight is 364 g/mol. The molecular formula is C21H14F2N2O2. The van der Waals surface area contributed by atoms with Gasteiger partial charge in [0.1, 0.15) is 18.2 Å². The van der Waals surface area contributed by atoms with Crippen LogP contribution in [0.2, 0.25) is 0 Å². The normalized spacial score (nSPS) is 11.0. The molecule has 4 rings (SSSR count). The van der Waals surface area contributed by atoms with Crippen LogP contribution < -0.4 is 10.7 Å². The minimum absolute atomic E-state index is 0.101. The van der Waals surface area contributed by atoms with Crippen LogP contribution in [0.5, 0.6) is 0 Å². The Labute approximate surface area is 152 Å². The van der Waals surface area contributed by atoms with Gasteiger partial charge < -0.3 is 9.88 Å². The van der Waals surface area contributed by atoms with E-state index in [0.29, 0.717) is 27.9 Å². The number of nitrogens with one attached hydrogen (secondary N) is 1. The fourth-order valence-electron chi connectivity index (χ4n) is 3.17. The highest BCUT2D eigenvalue weighted by atomic mass is 19.1. The fourth-order valence-corrected chi connectivity index (χ4v) is 3.17. The Balaban J connectivity index is 1.79. The molecule has 0 saturated carbocycles. The largest absolute Gasteiger partial charge is 0.331 e. The number of halogens is 2. The maximum absolute atomic E-state index is 13.8. The summed E-state index contributed by atoms with van der Waals surface area (Å²) in [5.41, 5.74) is 1.00. The van der Waals surface area contributed by atoms with Crippen molar-refractivity contribution in [3.05, 3.63) is 88.6 Å². The Morgan fingerprint density at radius 3 is 2.07 bits per heavy atom. The molecule has 1 N–H and O–H groups in total. The third kappa shape index (κ3) is 3.06. The SMILES string of the molecule is O=C(Cn1c2ccccc2c(=O)c2ccccc21)Nc1ccc(F)cc1F. The smallest absolute Gasteiger partial charge is 0.244 e. The van der Waals surface area contributed by atoms with Crippen LogP contribution in [0.4, 0.5) is 14.5 Å². The third-order valence-electron chi connectivity index (χ3n) is 4.39. The second kappa shape index (κ2) is 6.64. The predicted octanol–water partition coefficient (Wildman–Crippen LogP) is 4.07. The number of carbonyl (C=O) groups is 1. The number of carbonyl (C=O) groups excluding carboxylic acids is 1. The van der Waals surface area contributed by atoms with Crippen molar-refractivity contribution in [2.24, 2.45) is 0 Å². The highest BCUT2D eigenvalue weighted by Crippen LogP contribution is 2.20. The first kappa shape index (κ1) is 16.9. The second-order valence-electron chi connectivity index (χ2n) is 6.12. The Kier molecular flexibility index (Phi) is 4.16. The van der Waals surface area contributed by atoms with Gasteiger partial charge in [0.05, 0.1) is 16.7 Å². The van der Waals surface area contributed by atoms with Crippen molar-refractivity contribution < 1.29 is 13.6 Å². The lowest BCUT2D eigenvalue weighted by molar-refractivity contribution is -0.116. The minimum Gasteiger partial charge on any atom is -0.331 e. The Morgan fingerprint density at radius 1 is 0.889 bits per heavy atom. The van der Waals surface area contributed by atoms with E-state index in [0.717, 1.165) is 6.07 Å². The number of rotatable bonds is 3. The molecule has 0 aliphatic heterocycles. The maximum atomic E-state index is 13.8. The van der Waals surface area contributed by atoms with E-state index in [1.807, 2.05) is 0 Å². The summed E-state index contributed by atoms with van der Waals surface area (Å²) in [6, 6.07) is 17.0. The molecule has 27 heavy (non-hydrogen) atoms. The summed E-state index contributed by atoms with van der Waals surface area (Å²) in [6.07, 6.45) is 0. The molecule has 1 amide bonds. The lowest BCUT2D eigenvalue weighted by Gasteiger charge is -2.15. The summed E-state index contributed by atoms with van der Waals surface area (Å²) in [5, 5.41) is 3.44. The number of hydrogen-bond donors (Lipinski definition) is 1. The van der Waals surface area contributed by atoms with Gasteiger partial charge in [-0.3, -0.25) is 9.59 Å². The van der Waals surface area contributed by atoms with Crippen LogP contribution in [0.3, 0.4) is 0 Å². The van der Waals surface area contributed by atoms with Crippen LogP contribution in [0.15, 0.2) is 71.5 Å². The van der Waals surface area contributed by atoms with Gasteiger partial charge in [-0.2, -0.15) is 0 Å². The molecule has 134 valence electrons. The fraction of sp³-hybridized carbons (Fsp3) is 0.0476. The van der Waals surface area contributed by atoms with Gasteiger partial charge in [-0.05, 0) is 36.4 Å². The first-order valence-electron chi connectivity index (χ1n) is 8.30. The molecule has 0 spiro atoms. The number of benzene rings is 3. The van der Waals surface area contributed by atoms with Gasteiger partial charge in [-0.25, -0.2) is 8.78 Å². The number of aromatic nitrogens is 1. The van der Waals surface area contributed by atoms with Crippen LogP contribution in [-0.4, -0.2) is 10.5 Å². The van der Waals surface area contributed by atoms with Crippen molar-refractivity contribution in [2.75, 3.05) is 5.32 Å². The standard InChI is InChI=1S/C21H14F2N2O2/c22-13-9-10-17(16(23)11-13)24-20(26)12-25-18-7-3-1-5-14(18)21(27)15-6-2-4-8-19(15)25/h1-11H,12H2,(H,24,26). The van der Waals surface area contributed by atoms with Crippen LogP contribution in [0.1, 0.15) is 0 Å². The van der Waals surface area contributed by atoms with Crippen molar-refractivity contribution in [2.45, 2.75) is 6.54 Å². The number of hydrogen-bond acceptors (Lipinski definition) is 2. The van der Waals surface area contributed by atoms with Gasteiger partial charge in [0.25, 0.3) is 0 Å². The monoisotopic (exact) mass is 364 g/mol. The second-order valence-corrected chi connectivity index (χ2v) is 6.12. The molecule has 0 unspecified atom stereocenters. The van der Waals surface area contributed by atoms with E-state index in [1.54, 1.807) is 53.1 Å². The van der Waals surface area contributed by atoms with E-state index in [-0.39, 0.29) is 17.7 Å². The van der Waals surface area contributed by atoms with E-state index in [1.165, 1.54) is 6.07 Å². The van der Waals surface area contributed by atoms with Crippen molar-refractivity contribution in [3.63, 3.8) is 0 Å². The van der Waals surface area contributed by atoms with Crippen molar-refractivity contribution in [1.29, 1.82) is 0 Å². The van der Waals surface area contributed by atoms with E-state index in [9.17, 15) is 18.4 Å². The molecule has 4 aromatic rings. The summed E-state index contributed by atoms with van der Waals surface area (Å²) < 4.78 is 28.5. The number of para-hydroxylation sites is 2. The number of pyridine rings is 1. The van der Waals surface area contributed by atoms with Gasteiger partial charge in [-0.15, -0.1) is 0 Å². The number of amides is 1. The number of fused-ring (bicyclic) bond motifs is 2. The molecule has 0 radical (unpaired) electrons. The van der Waals surface area contributed by atoms with Crippen LogP contribution >= 0.6 is 0 Å². The van der Waals surface area contributed by atoms with E-state index in [2.05, 4.69) is 5.32 Å². The zero-order valence-corrected chi connectivity index (χ0v) is 14.1. The molecule has 0 aliphatic rings. The quantitative estimate of drug-likeness (QED) is 0.557. The van der Waals surface area contributed by atoms with Crippen molar-refractivity contribution >= 4 is 33.4 Å². The summed E-state index contributed by atoms with van der Waals surface area (Å²) in [4.78, 5) is 25.2. The molecule has 0 atom stereocenters. The van der Waals surface area contributed by atoms with E-state index in [4.69, 9.17) is 0 Å². The number of anilines is 1. The lowest BCUT2D eigenvalue weighted by atomic mass is 10.1. The highest BCUT2D eigenvalue weighted by molar-refractivity contribution is 5.97. The summed E-state index contributed by atoms with van der Waals surface area (Å²) in [6.45, 7) is -0.127. The van der Waals surface area contributed by atoms with Gasteiger partial charge in [0.2, 0.25) is 5.91 Å². The molecule has 1 heterocycles. The zero-order valence-electron chi connectivity index (χ0n) is 14.1. The molecule has 0 fully saturated rings. The topological polar surface area (TPSA) is 51.1 Å². The van der Waals surface area contributed by atoms with Gasteiger partial charge in [0.15, 0.2) is 5.43 Å². The highest BCUT2D eigenvalue weighted by Gasteiger charge is 2.14. The summed E-state index contributed by atoms with van der Waals surface area (Å²) in [7, 11) is 0. The van der Waals surface area contributed by atoms with Gasteiger partial charge >= 0.3 is 0 Å². The Hall–Kier alpha value is -3.54. The van der Waals surface area contributed by atoms with Crippen LogP contribution in [-0.2, 0) is 11.3 Å². The van der Waals surface area contributed by atoms with Gasteiger partial charge in [0, 0.05) is 16.8 Å². The van der Waals surface area contributed by atoms with Crippen molar-refractivity contribution in [1.82, 2.24) is 4.57 Å². The molecule has 3 aromatic carbocycles. The Morgan fingerprint density at radius 2 is 1.48 bits per heavy atom. The molecule has 1 aromatic heterocycles. The molecule has 4 nitrogen and oxygen atoms in total. The van der Waals surface area contributed by atoms with Crippen LogP contribution in [0, 0.1) is 11.6 Å². The predicted molar refractivity (Wildman–Crippen MR) is 101 cm³/mol. The van der Waals surface area contributed by atoms with Crippen LogP contribution in [0.25, 0.3) is 21.8 Å². The zero-order chi connectivity index (χ0) is 19.0. The lowest BCUT2D eigenvalue weighted by Crippen LogP contribution is -2.22. The first-order valence-corrected chi connectivity index (χ1v) is 8.30. The summed E-state index contributed by atoms with van der Waals surface area (Å²) in [5.74, 6) is -2.06. The average Bonchev–Trinajstić information content (AvgIpc) is 2.67. The molecule has 0 saturated heterocycles. The van der Waals surface area contributed by atoms with E-state index < -0.39 is 17.5 Å². The van der Waals surface area contributed by atoms with Gasteiger partial charge in [-0.1, -0.05) is 24.3 Å². The number of nitrogens with zero attached hydrogens (tertiary/aromatic N) is 1. The third-order valence-corrected chi connectivity index (χ3v) is 4.39. The molecule has 6 heteroatoms. The van der Waals surface area contributed by atoms with E-state index >= 15 is 0 Å². The first-order chi connectivity index (χ1) is 13.0. The Bertz CT molecular complexity index is 1190. The molecule has 0 aliphatic carbocycles.